The zero-order chi connectivity index (χ0) is 13.1. The van der Waals surface area contributed by atoms with E-state index < -0.39 is 4.92 Å². The Morgan fingerprint density at radius 2 is 1.94 bits per heavy atom. The first-order valence-electron chi connectivity index (χ1n) is 6.17. The van der Waals surface area contributed by atoms with Gasteiger partial charge in [-0.15, -0.1) is 0 Å². The predicted molar refractivity (Wildman–Crippen MR) is 69.8 cm³/mol. The second-order valence-electron chi connectivity index (χ2n) is 4.75. The number of aromatic nitrogens is 1. The van der Waals surface area contributed by atoms with Crippen LogP contribution in [0.2, 0.25) is 0 Å². The minimum Gasteiger partial charge on any atom is -0.366 e. The molecule has 98 valence electrons. The van der Waals surface area contributed by atoms with Gasteiger partial charge in [-0.25, -0.2) is 0 Å². The van der Waals surface area contributed by atoms with Gasteiger partial charge in [-0.05, 0) is 29.8 Å². The molecule has 1 fully saturated rings. The molecule has 6 nitrogen and oxygen atoms in total. The van der Waals surface area contributed by atoms with E-state index in [1.54, 1.807) is 12.3 Å². The third-order valence-corrected chi connectivity index (χ3v) is 3.33. The lowest BCUT2D eigenvalue weighted by Crippen LogP contribution is -2.48. The van der Waals surface area contributed by atoms with Crippen LogP contribution >= 0.6 is 0 Å². The van der Waals surface area contributed by atoms with Crippen molar-refractivity contribution >= 4 is 11.5 Å². The van der Waals surface area contributed by atoms with Crippen molar-refractivity contribution in [1.82, 2.24) is 9.88 Å². The van der Waals surface area contributed by atoms with Crippen LogP contribution in [0.4, 0.5) is 11.5 Å². The third-order valence-electron chi connectivity index (χ3n) is 3.33. The minimum atomic E-state index is -0.472. The van der Waals surface area contributed by atoms with Crippen molar-refractivity contribution in [3.8, 4) is 0 Å². The monoisotopic (exact) mass is 250 g/mol. The highest BCUT2D eigenvalue weighted by atomic mass is 16.6. The van der Waals surface area contributed by atoms with Crippen molar-refractivity contribution in [3.63, 3.8) is 0 Å². The van der Waals surface area contributed by atoms with Crippen LogP contribution in [0.1, 0.15) is 13.8 Å². The fourth-order valence-electron chi connectivity index (χ4n) is 2.17. The molecule has 1 aromatic rings. The highest BCUT2D eigenvalue weighted by Crippen LogP contribution is 2.18. The summed E-state index contributed by atoms with van der Waals surface area (Å²) in [5.74, 6) is -0.0976. The zero-order valence-corrected chi connectivity index (χ0v) is 10.7. The molecule has 0 saturated carbocycles. The van der Waals surface area contributed by atoms with E-state index in [-0.39, 0.29) is 5.82 Å². The lowest BCUT2D eigenvalue weighted by molar-refractivity contribution is -0.389. The summed E-state index contributed by atoms with van der Waals surface area (Å²) in [4.78, 5) is 18.6. The molecule has 1 aliphatic rings. The highest BCUT2D eigenvalue weighted by Gasteiger charge is 2.20. The van der Waals surface area contributed by atoms with Gasteiger partial charge in [-0.2, -0.15) is 0 Å². The summed E-state index contributed by atoms with van der Waals surface area (Å²) in [6, 6.07) is 3.81. The second-order valence-corrected chi connectivity index (χ2v) is 4.75. The number of rotatable bonds is 3. The Labute approximate surface area is 106 Å². The van der Waals surface area contributed by atoms with E-state index >= 15 is 0 Å². The Hall–Kier alpha value is -1.69. The van der Waals surface area contributed by atoms with Crippen molar-refractivity contribution < 1.29 is 4.92 Å². The van der Waals surface area contributed by atoms with Crippen LogP contribution in [-0.4, -0.2) is 47.0 Å². The SMILES string of the molecule is CC(C)N1CCN(c2ccc([N+](=O)[O-])nc2)CC1. The van der Waals surface area contributed by atoms with Gasteiger partial charge in [0.1, 0.15) is 0 Å². The van der Waals surface area contributed by atoms with Gasteiger partial charge < -0.3 is 15.0 Å². The number of hydrogen-bond donors (Lipinski definition) is 0. The Morgan fingerprint density at radius 1 is 1.28 bits per heavy atom. The summed E-state index contributed by atoms with van der Waals surface area (Å²) in [7, 11) is 0. The maximum Gasteiger partial charge on any atom is 0.363 e. The molecular weight excluding hydrogens is 232 g/mol. The molecule has 0 bridgehead atoms. The van der Waals surface area contributed by atoms with Gasteiger partial charge in [0.05, 0.1) is 5.69 Å². The van der Waals surface area contributed by atoms with Crippen molar-refractivity contribution in [3.05, 3.63) is 28.4 Å². The van der Waals surface area contributed by atoms with Crippen LogP contribution < -0.4 is 4.90 Å². The summed E-state index contributed by atoms with van der Waals surface area (Å²) < 4.78 is 0. The summed E-state index contributed by atoms with van der Waals surface area (Å²) >= 11 is 0. The molecule has 0 amide bonds. The normalized spacial score (nSPS) is 17.2. The molecule has 2 rings (SSSR count). The molecule has 6 heteroatoms. The fourth-order valence-corrected chi connectivity index (χ4v) is 2.17. The third kappa shape index (κ3) is 2.76. The number of hydrogen-bond acceptors (Lipinski definition) is 5. The average molecular weight is 250 g/mol. The predicted octanol–water partition coefficient (Wildman–Crippen LogP) is 1.52. The molecule has 18 heavy (non-hydrogen) atoms. The summed E-state index contributed by atoms with van der Waals surface area (Å²) in [5.41, 5.74) is 0.962. The van der Waals surface area contributed by atoms with Crippen LogP contribution in [0.15, 0.2) is 18.3 Å². The molecular formula is C12H18N4O2. The van der Waals surface area contributed by atoms with E-state index in [0.717, 1.165) is 31.9 Å². The Kier molecular flexibility index (Phi) is 3.76. The standard InChI is InChI=1S/C12H18N4O2/c1-10(2)14-5-7-15(8-6-14)11-3-4-12(13-9-11)16(17)18/h3-4,9-10H,5-8H2,1-2H3. The van der Waals surface area contributed by atoms with E-state index in [0.29, 0.717) is 6.04 Å². The number of anilines is 1. The largest absolute Gasteiger partial charge is 0.366 e. The number of nitro groups is 1. The quantitative estimate of drug-likeness (QED) is 0.601. The van der Waals surface area contributed by atoms with E-state index in [2.05, 4.69) is 28.6 Å². The van der Waals surface area contributed by atoms with Crippen molar-refractivity contribution in [2.45, 2.75) is 19.9 Å². The summed E-state index contributed by atoms with van der Waals surface area (Å²) in [6.45, 7) is 8.32. The van der Waals surface area contributed by atoms with Gasteiger partial charge in [-0.3, -0.25) is 4.90 Å². The van der Waals surface area contributed by atoms with Crippen LogP contribution in [0.3, 0.4) is 0 Å². The van der Waals surface area contributed by atoms with Crippen molar-refractivity contribution in [1.29, 1.82) is 0 Å². The van der Waals surface area contributed by atoms with E-state index in [1.807, 2.05) is 0 Å². The second kappa shape index (κ2) is 5.30. The Bertz CT molecular complexity index is 411. The molecule has 0 radical (unpaired) electrons. The smallest absolute Gasteiger partial charge is 0.363 e. The average Bonchev–Trinajstić information content (AvgIpc) is 2.39. The topological polar surface area (TPSA) is 62.5 Å². The molecule has 0 unspecified atom stereocenters. The molecule has 0 atom stereocenters. The van der Waals surface area contributed by atoms with E-state index in [1.165, 1.54) is 6.07 Å². The first-order valence-corrected chi connectivity index (χ1v) is 6.17. The fraction of sp³-hybridized carbons (Fsp3) is 0.583. The molecule has 0 aromatic carbocycles. The highest BCUT2D eigenvalue weighted by molar-refractivity contribution is 5.46. The summed E-state index contributed by atoms with van der Waals surface area (Å²) in [6.07, 6.45) is 1.59. The molecule has 1 saturated heterocycles. The minimum absolute atomic E-state index is 0.0976. The lowest BCUT2D eigenvalue weighted by atomic mass is 10.2. The van der Waals surface area contributed by atoms with Crippen molar-refractivity contribution in [2.75, 3.05) is 31.1 Å². The molecule has 1 aromatic heterocycles. The van der Waals surface area contributed by atoms with Gasteiger partial charge in [0.2, 0.25) is 0 Å². The lowest BCUT2D eigenvalue weighted by Gasteiger charge is -2.37. The van der Waals surface area contributed by atoms with Gasteiger partial charge in [0.15, 0.2) is 6.20 Å². The molecule has 0 aliphatic carbocycles. The summed E-state index contributed by atoms with van der Waals surface area (Å²) in [5, 5.41) is 10.5. The van der Waals surface area contributed by atoms with E-state index in [9.17, 15) is 10.1 Å². The van der Waals surface area contributed by atoms with Gasteiger partial charge in [0.25, 0.3) is 0 Å². The first kappa shape index (κ1) is 12.8. The van der Waals surface area contributed by atoms with Crippen LogP contribution in [0.25, 0.3) is 0 Å². The van der Waals surface area contributed by atoms with Crippen LogP contribution in [0, 0.1) is 10.1 Å². The van der Waals surface area contributed by atoms with Crippen LogP contribution in [0.5, 0.6) is 0 Å². The Balaban J connectivity index is 1.99. The van der Waals surface area contributed by atoms with Gasteiger partial charge in [0, 0.05) is 38.3 Å². The first-order chi connectivity index (χ1) is 8.58. The number of nitrogens with zero attached hydrogens (tertiary/aromatic N) is 4. The van der Waals surface area contributed by atoms with Gasteiger partial charge >= 0.3 is 5.82 Å². The molecule has 1 aliphatic heterocycles. The van der Waals surface area contributed by atoms with Crippen LogP contribution in [-0.2, 0) is 0 Å². The number of piperazine rings is 1. The van der Waals surface area contributed by atoms with Crippen molar-refractivity contribution in [2.24, 2.45) is 0 Å². The molecule has 0 N–H and O–H groups in total. The number of pyridine rings is 1. The molecule has 0 spiro atoms. The zero-order valence-electron chi connectivity index (χ0n) is 10.7. The molecule has 2 heterocycles. The van der Waals surface area contributed by atoms with Gasteiger partial charge in [-0.1, -0.05) is 0 Å². The van der Waals surface area contributed by atoms with E-state index in [4.69, 9.17) is 0 Å². The maximum absolute atomic E-state index is 10.5. The Morgan fingerprint density at radius 3 is 2.39 bits per heavy atom. The maximum atomic E-state index is 10.5.